The molecule has 0 unspecified atom stereocenters. The van der Waals surface area contributed by atoms with Gasteiger partial charge in [-0.3, -0.25) is 4.90 Å². The van der Waals surface area contributed by atoms with E-state index in [-0.39, 0.29) is 0 Å². The molecule has 0 saturated heterocycles. The first-order chi connectivity index (χ1) is 9.69. The lowest BCUT2D eigenvalue weighted by molar-refractivity contribution is 0.271. The summed E-state index contributed by atoms with van der Waals surface area (Å²) in [6, 6.07) is 19.5. The van der Waals surface area contributed by atoms with Crippen molar-refractivity contribution in [2.24, 2.45) is 0 Å². The van der Waals surface area contributed by atoms with Crippen molar-refractivity contribution in [3.8, 4) is 0 Å². The molecule has 0 heterocycles. The van der Waals surface area contributed by atoms with Crippen LogP contribution < -0.4 is 4.90 Å². The third kappa shape index (κ3) is 4.10. The summed E-state index contributed by atoms with van der Waals surface area (Å²) in [6.45, 7) is 5.29. The Balaban J connectivity index is 1.99. The van der Waals surface area contributed by atoms with Gasteiger partial charge in [-0.25, -0.2) is 0 Å². The molecule has 2 heteroatoms. The Morgan fingerprint density at radius 3 is 1.80 bits per heavy atom. The van der Waals surface area contributed by atoms with E-state index in [2.05, 4.69) is 85.4 Å². The van der Waals surface area contributed by atoms with Crippen LogP contribution in [0.25, 0.3) is 0 Å². The van der Waals surface area contributed by atoms with Crippen molar-refractivity contribution in [3.05, 3.63) is 65.7 Å². The van der Waals surface area contributed by atoms with Crippen molar-refractivity contribution in [2.45, 2.75) is 20.0 Å². The van der Waals surface area contributed by atoms with Crippen molar-refractivity contribution < 1.29 is 0 Å². The first kappa shape index (κ1) is 14.6. The Morgan fingerprint density at radius 2 is 1.30 bits per heavy atom. The van der Waals surface area contributed by atoms with E-state index in [1.165, 1.54) is 16.8 Å². The van der Waals surface area contributed by atoms with E-state index >= 15 is 0 Å². The molecule has 0 radical (unpaired) electrons. The first-order valence-electron chi connectivity index (χ1n) is 7.21. The van der Waals surface area contributed by atoms with Crippen LogP contribution in [0.5, 0.6) is 0 Å². The predicted molar refractivity (Wildman–Crippen MR) is 87.0 cm³/mol. The fourth-order valence-electron chi connectivity index (χ4n) is 2.28. The summed E-state index contributed by atoms with van der Waals surface area (Å²) < 4.78 is 0. The van der Waals surface area contributed by atoms with Crippen molar-refractivity contribution in [1.29, 1.82) is 0 Å². The highest BCUT2D eigenvalue weighted by Gasteiger charge is 2.05. The fourth-order valence-corrected chi connectivity index (χ4v) is 2.28. The maximum Gasteiger partial charge on any atom is 0.0361 e. The third-order valence-corrected chi connectivity index (χ3v) is 3.56. The van der Waals surface area contributed by atoms with E-state index < -0.39 is 0 Å². The molecule has 2 nitrogen and oxygen atoms in total. The largest absolute Gasteiger partial charge is 0.378 e. The average molecular weight is 268 g/mol. The molecule has 2 aromatic carbocycles. The van der Waals surface area contributed by atoms with Crippen LogP contribution >= 0.6 is 0 Å². The second kappa shape index (κ2) is 7.11. The Kier molecular flexibility index (Phi) is 5.19. The van der Waals surface area contributed by atoms with Gasteiger partial charge in [0.2, 0.25) is 0 Å². The lowest BCUT2D eigenvalue weighted by atomic mass is 10.1. The number of benzene rings is 2. The minimum Gasteiger partial charge on any atom is -0.378 e. The van der Waals surface area contributed by atoms with Crippen LogP contribution in [-0.2, 0) is 13.1 Å². The minimum atomic E-state index is 0.999. The number of anilines is 1. The lowest BCUT2D eigenvalue weighted by Crippen LogP contribution is -2.22. The van der Waals surface area contributed by atoms with Gasteiger partial charge >= 0.3 is 0 Å². The number of nitrogens with zero attached hydrogens (tertiary/aromatic N) is 2. The molecule has 0 aliphatic carbocycles. The average Bonchev–Trinajstić information content (AvgIpc) is 2.48. The Labute approximate surface area is 122 Å². The molecular formula is C18H24N2. The Morgan fingerprint density at radius 1 is 0.750 bits per heavy atom. The maximum atomic E-state index is 2.46. The predicted octanol–water partition coefficient (Wildman–Crippen LogP) is 3.77. The molecule has 20 heavy (non-hydrogen) atoms. The molecule has 0 aliphatic rings. The van der Waals surface area contributed by atoms with Gasteiger partial charge in [0, 0.05) is 32.9 Å². The van der Waals surface area contributed by atoms with E-state index in [1.54, 1.807) is 0 Å². The molecule has 0 bridgehead atoms. The second-order valence-corrected chi connectivity index (χ2v) is 5.35. The highest BCUT2D eigenvalue weighted by atomic mass is 15.1. The van der Waals surface area contributed by atoms with Gasteiger partial charge in [-0.2, -0.15) is 0 Å². The summed E-state index contributed by atoms with van der Waals surface area (Å²) in [5, 5.41) is 0. The van der Waals surface area contributed by atoms with Crippen molar-refractivity contribution in [3.63, 3.8) is 0 Å². The van der Waals surface area contributed by atoms with Crippen molar-refractivity contribution in [2.75, 3.05) is 25.5 Å². The molecule has 2 aromatic rings. The van der Waals surface area contributed by atoms with E-state index in [9.17, 15) is 0 Å². The van der Waals surface area contributed by atoms with Crippen molar-refractivity contribution >= 4 is 5.69 Å². The highest BCUT2D eigenvalue weighted by molar-refractivity contribution is 5.45. The second-order valence-electron chi connectivity index (χ2n) is 5.35. The molecule has 0 N–H and O–H groups in total. The quantitative estimate of drug-likeness (QED) is 0.787. The molecule has 0 aromatic heterocycles. The van der Waals surface area contributed by atoms with E-state index in [4.69, 9.17) is 0 Å². The summed E-state index contributed by atoms with van der Waals surface area (Å²) in [6.07, 6.45) is 0. The number of hydrogen-bond donors (Lipinski definition) is 0. The molecule has 0 amide bonds. The van der Waals surface area contributed by atoms with Crippen LogP contribution in [0.2, 0.25) is 0 Å². The van der Waals surface area contributed by atoms with Crippen LogP contribution in [0.1, 0.15) is 18.1 Å². The molecule has 0 aliphatic heterocycles. The molecular weight excluding hydrogens is 244 g/mol. The van der Waals surface area contributed by atoms with Gasteiger partial charge < -0.3 is 4.90 Å². The van der Waals surface area contributed by atoms with Crippen LogP contribution in [0, 0.1) is 0 Å². The van der Waals surface area contributed by atoms with Crippen LogP contribution in [0.4, 0.5) is 5.69 Å². The van der Waals surface area contributed by atoms with Crippen LogP contribution in [0.15, 0.2) is 54.6 Å². The summed E-state index contributed by atoms with van der Waals surface area (Å²) in [5.74, 6) is 0. The molecule has 106 valence electrons. The normalized spacial score (nSPS) is 10.8. The Hall–Kier alpha value is -1.80. The number of hydrogen-bond acceptors (Lipinski definition) is 2. The SMILES string of the molecule is CCN(Cc1ccccc1)Cc1ccc(N(C)C)cc1. The summed E-state index contributed by atoms with van der Waals surface area (Å²) in [5.41, 5.74) is 3.99. The molecule has 0 saturated carbocycles. The zero-order valence-electron chi connectivity index (χ0n) is 12.7. The molecule has 0 atom stereocenters. The van der Waals surface area contributed by atoms with Gasteiger partial charge in [-0.1, -0.05) is 49.4 Å². The van der Waals surface area contributed by atoms with Crippen molar-refractivity contribution in [1.82, 2.24) is 4.90 Å². The molecule has 0 spiro atoms. The standard InChI is InChI=1S/C18H24N2/c1-4-20(14-16-8-6-5-7-9-16)15-17-10-12-18(13-11-17)19(2)3/h5-13H,4,14-15H2,1-3H3. The number of rotatable bonds is 6. The van der Waals surface area contributed by atoms with Crippen LogP contribution in [-0.4, -0.2) is 25.5 Å². The minimum absolute atomic E-state index is 0.999. The fraction of sp³-hybridized carbons (Fsp3) is 0.333. The zero-order valence-corrected chi connectivity index (χ0v) is 12.7. The van der Waals surface area contributed by atoms with Gasteiger partial charge in [0.15, 0.2) is 0 Å². The van der Waals surface area contributed by atoms with E-state index in [1.807, 2.05) is 0 Å². The monoisotopic (exact) mass is 268 g/mol. The third-order valence-electron chi connectivity index (χ3n) is 3.56. The maximum absolute atomic E-state index is 2.46. The smallest absolute Gasteiger partial charge is 0.0361 e. The van der Waals surface area contributed by atoms with Crippen LogP contribution in [0.3, 0.4) is 0 Å². The van der Waals surface area contributed by atoms with Gasteiger partial charge in [0.05, 0.1) is 0 Å². The topological polar surface area (TPSA) is 6.48 Å². The molecule has 0 fully saturated rings. The highest BCUT2D eigenvalue weighted by Crippen LogP contribution is 2.15. The van der Waals surface area contributed by atoms with E-state index in [0.717, 1.165) is 19.6 Å². The van der Waals surface area contributed by atoms with E-state index in [0.29, 0.717) is 0 Å². The molecule has 2 rings (SSSR count). The van der Waals surface area contributed by atoms with Gasteiger partial charge in [0.25, 0.3) is 0 Å². The van der Waals surface area contributed by atoms with Gasteiger partial charge in [-0.05, 0) is 29.8 Å². The summed E-state index contributed by atoms with van der Waals surface area (Å²) >= 11 is 0. The lowest BCUT2D eigenvalue weighted by Gasteiger charge is -2.21. The summed E-state index contributed by atoms with van der Waals surface area (Å²) in [7, 11) is 4.14. The Bertz CT molecular complexity index is 503. The zero-order chi connectivity index (χ0) is 14.4. The van der Waals surface area contributed by atoms with Gasteiger partial charge in [0.1, 0.15) is 0 Å². The van der Waals surface area contributed by atoms with Gasteiger partial charge in [-0.15, -0.1) is 0 Å². The summed E-state index contributed by atoms with van der Waals surface area (Å²) in [4.78, 5) is 4.59. The first-order valence-corrected chi connectivity index (χ1v) is 7.21.